The molecule has 0 amide bonds. The van der Waals surface area contributed by atoms with Crippen LogP contribution in [0.25, 0.3) is 0 Å². The average Bonchev–Trinajstić information content (AvgIpc) is 2.13. The second kappa shape index (κ2) is 6.89. The standard InChI is InChI=1S/C10H20O3/c1-4-6-7-9(11)8(3)10(12)13-5-2/h8-9,11H,4-7H2,1-3H3. The zero-order chi connectivity index (χ0) is 10.3. The molecule has 0 aromatic rings. The number of ether oxygens (including phenoxy) is 1. The quantitative estimate of drug-likeness (QED) is 0.646. The molecule has 3 nitrogen and oxygen atoms in total. The molecule has 0 bridgehead atoms. The highest BCUT2D eigenvalue weighted by Crippen LogP contribution is 2.11. The SMILES string of the molecule is CCCCC(O)C(C)C(=O)OCC. The number of esters is 1. The van der Waals surface area contributed by atoms with E-state index in [-0.39, 0.29) is 5.97 Å². The highest BCUT2D eigenvalue weighted by Gasteiger charge is 2.22. The van der Waals surface area contributed by atoms with Crippen molar-refractivity contribution in [1.29, 1.82) is 0 Å². The molecule has 0 aliphatic rings. The van der Waals surface area contributed by atoms with Gasteiger partial charge in [-0.1, -0.05) is 19.8 Å². The molecule has 0 aliphatic heterocycles. The maximum Gasteiger partial charge on any atom is 0.311 e. The van der Waals surface area contributed by atoms with E-state index in [1.807, 2.05) is 0 Å². The van der Waals surface area contributed by atoms with Crippen molar-refractivity contribution in [3.05, 3.63) is 0 Å². The lowest BCUT2D eigenvalue weighted by Crippen LogP contribution is -2.27. The van der Waals surface area contributed by atoms with Crippen LogP contribution in [0, 0.1) is 5.92 Å². The average molecular weight is 188 g/mol. The molecule has 0 heterocycles. The molecule has 0 radical (unpaired) electrons. The van der Waals surface area contributed by atoms with Crippen LogP contribution < -0.4 is 0 Å². The van der Waals surface area contributed by atoms with Crippen molar-refractivity contribution in [2.75, 3.05) is 6.61 Å². The van der Waals surface area contributed by atoms with E-state index in [0.29, 0.717) is 13.0 Å². The highest BCUT2D eigenvalue weighted by molar-refractivity contribution is 5.72. The number of unbranched alkanes of at least 4 members (excludes halogenated alkanes) is 1. The topological polar surface area (TPSA) is 46.5 Å². The van der Waals surface area contributed by atoms with E-state index in [1.54, 1.807) is 13.8 Å². The predicted octanol–water partition coefficient (Wildman–Crippen LogP) is 1.74. The molecular formula is C10H20O3. The summed E-state index contributed by atoms with van der Waals surface area (Å²) in [4.78, 5) is 11.2. The van der Waals surface area contributed by atoms with Crippen LogP contribution in [0.15, 0.2) is 0 Å². The Bertz CT molecular complexity index is 145. The molecule has 0 fully saturated rings. The zero-order valence-corrected chi connectivity index (χ0v) is 8.75. The van der Waals surface area contributed by atoms with Crippen molar-refractivity contribution in [3.63, 3.8) is 0 Å². The van der Waals surface area contributed by atoms with Crippen LogP contribution in [0.5, 0.6) is 0 Å². The molecular weight excluding hydrogens is 168 g/mol. The fourth-order valence-corrected chi connectivity index (χ4v) is 1.09. The van der Waals surface area contributed by atoms with Gasteiger partial charge >= 0.3 is 5.97 Å². The zero-order valence-electron chi connectivity index (χ0n) is 8.75. The van der Waals surface area contributed by atoms with Crippen LogP contribution in [0.1, 0.15) is 40.0 Å². The van der Waals surface area contributed by atoms with Gasteiger partial charge in [-0.25, -0.2) is 0 Å². The van der Waals surface area contributed by atoms with Gasteiger partial charge in [-0.15, -0.1) is 0 Å². The summed E-state index contributed by atoms with van der Waals surface area (Å²) in [5.41, 5.74) is 0. The first-order valence-corrected chi connectivity index (χ1v) is 4.98. The summed E-state index contributed by atoms with van der Waals surface area (Å²) in [6.45, 7) is 5.91. The fraction of sp³-hybridized carbons (Fsp3) is 0.900. The van der Waals surface area contributed by atoms with Crippen LogP contribution in [0.4, 0.5) is 0 Å². The number of carbonyl (C=O) groups excluding carboxylic acids is 1. The van der Waals surface area contributed by atoms with Gasteiger partial charge in [0.15, 0.2) is 0 Å². The summed E-state index contributed by atoms with van der Waals surface area (Å²) in [5.74, 6) is -0.697. The summed E-state index contributed by atoms with van der Waals surface area (Å²) >= 11 is 0. The second-order valence-corrected chi connectivity index (χ2v) is 3.25. The van der Waals surface area contributed by atoms with Gasteiger partial charge in [0, 0.05) is 0 Å². The maximum absolute atomic E-state index is 11.2. The van der Waals surface area contributed by atoms with Crippen molar-refractivity contribution in [3.8, 4) is 0 Å². The largest absolute Gasteiger partial charge is 0.466 e. The minimum atomic E-state index is -0.556. The Hall–Kier alpha value is -0.570. The van der Waals surface area contributed by atoms with Gasteiger partial charge in [-0.05, 0) is 20.3 Å². The summed E-state index contributed by atoms with van der Waals surface area (Å²) < 4.78 is 4.81. The van der Waals surface area contributed by atoms with Crippen LogP contribution in [-0.2, 0) is 9.53 Å². The molecule has 2 unspecified atom stereocenters. The maximum atomic E-state index is 11.2. The van der Waals surface area contributed by atoms with Crippen LogP contribution in [0.3, 0.4) is 0 Å². The number of carbonyl (C=O) groups is 1. The minimum Gasteiger partial charge on any atom is -0.466 e. The number of hydrogen-bond acceptors (Lipinski definition) is 3. The van der Waals surface area contributed by atoms with Gasteiger partial charge in [-0.2, -0.15) is 0 Å². The minimum absolute atomic E-state index is 0.300. The van der Waals surface area contributed by atoms with Crippen molar-refractivity contribution in [2.24, 2.45) is 5.92 Å². The third kappa shape index (κ3) is 4.88. The monoisotopic (exact) mass is 188 g/mol. The van der Waals surface area contributed by atoms with Gasteiger partial charge in [0.05, 0.1) is 18.6 Å². The van der Waals surface area contributed by atoms with E-state index < -0.39 is 12.0 Å². The molecule has 0 aliphatic carbocycles. The van der Waals surface area contributed by atoms with E-state index in [1.165, 1.54) is 0 Å². The predicted molar refractivity (Wildman–Crippen MR) is 51.3 cm³/mol. The van der Waals surface area contributed by atoms with Gasteiger partial charge in [0.2, 0.25) is 0 Å². The van der Waals surface area contributed by atoms with Crippen LogP contribution in [-0.4, -0.2) is 23.8 Å². The molecule has 1 N–H and O–H groups in total. The van der Waals surface area contributed by atoms with E-state index in [0.717, 1.165) is 12.8 Å². The molecule has 0 spiro atoms. The van der Waals surface area contributed by atoms with E-state index >= 15 is 0 Å². The number of aliphatic hydroxyl groups is 1. The molecule has 13 heavy (non-hydrogen) atoms. The van der Waals surface area contributed by atoms with E-state index in [2.05, 4.69) is 6.92 Å². The summed E-state index contributed by atoms with van der Waals surface area (Å²) in [6, 6.07) is 0. The lowest BCUT2D eigenvalue weighted by atomic mass is 10.00. The Balaban J connectivity index is 3.79. The molecule has 0 aromatic heterocycles. The molecule has 3 heteroatoms. The fourth-order valence-electron chi connectivity index (χ4n) is 1.09. The van der Waals surface area contributed by atoms with Gasteiger partial charge in [-0.3, -0.25) is 4.79 Å². The smallest absolute Gasteiger partial charge is 0.311 e. The molecule has 78 valence electrons. The van der Waals surface area contributed by atoms with Crippen molar-refractivity contribution >= 4 is 5.97 Å². The first kappa shape index (κ1) is 12.4. The molecule has 0 rings (SSSR count). The Kier molecular flexibility index (Phi) is 6.59. The molecule has 2 atom stereocenters. The molecule has 0 saturated heterocycles. The van der Waals surface area contributed by atoms with E-state index in [4.69, 9.17) is 4.74 Å². The highest BCUT2D eigenvalue weighted by atomic mass is 16.5. The number of aliphatic hydroxyl groups excluding tert-OH is 1. The van der Waals surface area contributed by atoms with Gasteiger partial charge in [0.25, 0.3) is 0 Å². The second-order valence-electron chi connectivity index (χ2n) is 3.25. The Morgan fingerprint density at radius 3 is 2.54 bits per heavy atom. The Morgan fingerprint density at radius 1 is 1.46 bits per heavy atom. The first-order valence-electron chi connectivity index (χ1n) is 4.98. The summed E-state index contributed by atoms with van der Waals surface area (Å²) in [6.07, 6.45) is 2.10. The van der Waals surface area contributed by atoms with Gasteiger partial charge in [0.1, 0.15) is 0 Å². The Morgan fingerprint density at radius 2 is 2.08 bits per heavy atom. The third-order valence-electron chi connectivity index (χ3n) is 2.09. The molecule has 0 saturated carbocycles. The Labute approximate surface area is 80.1 Å². The van der Waals surface area contributed by atoms with Crippen molar-refractivity contribution in [1.82, 2.24) is 0 Å². The summed E-state index contributed by atoms with van der Waals surface area (Å²) in [5, 5.41) is 9.55. The summed E-state index contributed by atoms with van der Waals surface area (Å²) in [7, 11) is 0. The van der Waals surface area contributed by atoms with Crippen molar-refractivity contribution < 1.29 is 14.6 Å². The lowest BCUT2D eigenvalue weighted by Gasteiger charge is -2.16. The van der Waals surface area contributed by atoms with Crippen molar-refractivity contribution in [2.45, 2.75) is 46.1 Å². The number of rotatable bonds is 6. The van der Waals surface area contributed by atoms with Crippen LogP contribution >= 0.6 is 0 Å². The van der Waals surface area contributed by atoms with Crippen LogP contribution in [0.2, 0.25) is 0 Å². The molecule has 0 aromatic carbocycles. The first-order chi connectivity index (χ1) is 6.13. The normalized spacial score (nSPS) is 15.1. The van der Waals surface area contributed by atoms with Gasteiger partial charge < -0.3 is 9.84 Å². The van der Waals surface area contributed by atoms with E-state index in [9.17, 15) is 9.90 Å². The number of hydrogen-bond donors (Lipinski definition) is 1. The third-order valence-corrected chi connectivity index (χ3v) is 2.09. The lowest BCUT2D eigenvalue weighted by molar-refractivity contribution is -0.151.